The summed E-state index contributed by atoms with van der Waals surface area (Å²) in [7, 11) is -2.27. The van der Waals surface area contributed by atoms with Crippen molar-refractivity contribution in [2.75, 3.05) is 26.7 Å². The summed E-state index contributed by atoms with van der Waals surface area (Å²) < 4.78 is 33.8. The molecule has 1 aliphatic heterocycles. The van der Waals surface area contributed by atoms with E-state index in [-0.39, 0.29) is 47.9 Å². The van der Waals surface area contributed by atoms with Crippen molar-refractivity contribution in [2.45, 2.75) is 62.2 Å². The average Bonchev–Trinajstić information content (AvgIpc) is 3.36. The first-order chi connectivity index (χ1) is 18.0. The van der Waals surface area contributed by atoms with E-state index in [4.69, 9.17) is 4.74 Å². The molecule has 0 saturated heterocycles. The highest BCUT2D eigenvalue weighted by atomic mass is 32.2. The Balaban J connectivity index is 1.67. The first-order valence-corrected chi connectivity index (χ1v) is 14.3. The number of ether oxygens (including phenoxy) is 1. The molecule has 2 N–H and O–H groups in total. The second-order valence-electron chi connectivity index (χ2n) is 10.3. The van der Waals surface area contributed by atoms with Gasteiger partial charge in [-0.3, -0.25) is 4.79 Å². The van der Waals surface area contributed by atoms with Crippen LogP contribution >= 0.6 is 0 Å². The van der Waals surface area contributed by atoms with Gasteiger partial charge in [0, 0.05) is 31.3 Å². The Hall–Kier alpha value is -2.97. The van der Waals surface area contributed by atoms with Crippen molar-refractivity contribution in [1.82, 2.24) is 14.2 Å². The molecular formula is C28H35N3O6S. The number of benzene rings is 1. The molecule has 0 unspecified atom stereocenters. The SMILES string of the molecule is C[C@H](CO)N1C[C@H](C)[C@H](CN(C)S(=O)(=O)c2ccccc2)Oc2ncc(C#CC3(O)CCCC3)cc2C1=O. The fourth-order valence-electron chi connectivity index (χ4n) is 4.79. The fourth-order valence-corrected chi connectivity index (χ4v) is 5.99. The molecule has 4 rings (SSSR count). The Bertz CT molecular complexity index is 1320. The third-order valence-electron chi connectivity index (χ3n) is 7.28. The smallest absolute Gasteiger partial charge is 0.259 e. The molecule has 38 heavy (non-hydrogen) atoms. The van der Waals surface area contributed by atoms with Crippen molar-refractivity contribution in [3.8, 4) is 17.7 Å². The van der Waals surface area contributed by atoms with E-state index in [1.165, 1.54) is 17.5 Å². The van der Waals surface area contributed by atoms with Gasteiger partial charge >= 0.3 is 0 Å². The predicted octanol–water partition coefficient (Wildman–Crippen LogP) is 2.28. The van der Waals surface area contributed by atoms with E-state index in [0.29, 0.717) is 18.4 Å². The summed E-state index contributed by atoms with van der Waals surface area (Å²) in [5.74, 6) is 5.34. The average molecular weight is 542 g/mol. The second kappa shape index (κ2) is 11.4. The lowest BCUT2D eigenvalue weighted by molar-refractivity contribution is 0.0373. The number of hydrogen-bond donors (Lipinski definition) is 2. The van der Waals surface area contributed by atoms with Crippen LogP contribution in [0.15, 0.2) is 47.5 Å². The van der Waals surface area contributed by atoms with E-state index >= 15 is 0 Å². The molecular weight excluding hydrogens is 506 g/mol. The first kappa shape index (κ1) is 28.0. The number of aliphatic hydroxyl groups is 2. The molecule has 10 heteroatoms. The van der Waals surface area contributed by atoms with E-state index in [2.05, 4.69) is 16.8 Å². The van der Waals surface area contributed by atoms with Crippen LogP contribution in [0.2, 0.25) is 0 Å². The number of amides is 1. The molecule has 204 valence electrons. The third kappa shape index (κ3) is 6.02. The highest BCUT2D eigenvalue weighted by Crippen LogP contribution is 2.30. The van der Waals surface area contributed by atoms with Crippen LogP contribution in [0.5, 0.6) is 5.88 Å². The van der Waals surface area contributed by atoms with Gasteiger partial charge in [0.2, 0.25) is 15.9 Å². The van der Waals surface area contributed by atoms with Crippen LogP contribution in [0.25, 0.3) is 0 Å². The van der Waals surface area contributed by atoms with Crippen LogP contribution in [-0.2, 0) is 10.0 Å². The number of aromatic nitrogens is 1. The van der Waals surface area contributed by atoms with E-state index in [1.54, 1.807) is 48.2 Å². The van der Waals surface area contributed by atoms with Crippen molar-refractivity contribution in [2.24, 2.45) is 5.92 Å². The van der Waals surface area contributed by atoms with Gasteiger partial charge in [-0.15, -0.1) is 0 Å². The van der Waals surface area contributed by atoms with Gasteiger partial charge in [0.05, 0.1) is 24.1 Å². The Morgan fingerprint density at radius 3 is 2.61 bits per heavy atom. The standard InChI is InChI=1S/C28H35N3O6S/c1-20-17-31(21(2)19-32)27(33)24-15-22(11-14-28(34)12-7-8-13-28)16-29-26(24)37-25(20)18-30(3)38(35,36)23-9-5-4-6-10-23/h4-6,9-10,15-16,20-21,25,32,34H,7-8,12-13,17-19H2,1-3H3/t20-,21+,25-/m0/s1. The molecule has 1 fully saturated rings. The topological polar surface area (TPSA) is 120 Å². The minimum atomic E-state index is -3.76. The lowest BCUT2D eigenvalue weighted by Gasteiger charge is -2.37. The van der Waals surface area contributed by atoms with Crippen LogP contribution in [0, 0.1) is 17.8 Å². The summed E-state index contributed by atoms with van der Waals surface area (Å²) in [5, 5.41) is 20.4. The zero-order chi connectivity index (χ0) is 27.5. The molecule has 1 aromatic heterocycles. The van der Waals surface area contributed by atoms with Crippen LogP contribution < -0.4 is 4.74 Å². The summed E-state index contributed by atoms with van der Waals surface area (Å²) in [4.78, 5) is 19.7. The van der Waals surface area contributed by atoms with Crippen molar-refractivity contribution in [1.29, 1.82) is 0 Å². The van der Waals surface area contributed by atoms with Crippen molar-refractivity contribution in [3.05, 3.63) is 53.7 Å². The summed E-state index contributed by atoms with van der Waals surface area (Å²) >= 11 is 0. The van der Waals surface area contributed by atoms with E-state index < -0.39 is 27.8 Å². The number of rotatable bonds is 6. The monoisotopic (exact) mass is 541 g/mol. The summed E-state index contributed by atoms with van der Waals surface area (Å²) in [6.07, 6.45) is 3.93. The number of likely N-dealkylation sites (N-methyl/N-ethyl adjacent to an activating group) is 1. The number of pyridine rings is 1. The molecule has 0 radical (unpaired) electrons. The van der Waals surface area contributed by atoms with Gasteiger partial charge in [-0.2, -0.15) is 4.31 Å². The van der Waals surface area contributed by atoms with Gasteiger partial charge in [-0.1, -0.05) is 37.0 Å². The van der Waals surface area contributed by atoms with Gasteiger partial charge in [0.15, 0.2) is 0 Å². The predicted molar refractivity (Wildman–Crippen MR) is 142 cm³/mol. The minimum absolute atomic E-state index is 0.0314. The summed E-state index contributed by atoms with van der Waals surface area (Å²) in [6.45, 7) is 3.68. The Labute approximate surface area is 224 Å². The molecule has 1 amide bonds. The van der Waals surface area contributed by atoms with Gasteiger partial charge in [-0.25, -0.2) is 13.4 Å². The lowest BCUT2D eigenvalue weighted by Crippen LogP contribution is -2.50. The van der Waals surface area contributed by atoms with E-state index in [9.17, 15) is 23.4 Å². The second-order valence-corrected chi connectivity index (χ2v) is 12.3. The third-order valence-corrected chi connectivity index (χ3v) is 9.12. The fraction of sp³-hybridized carbons (Fsp3) is 0.500. The molecule has 1 aliphatic carbocycles. The van der Waals surface area contributed by atoms with Crippen LogP contribution in [-0.4, -0.2) is 83.2 Å². The molecule has 1 aromatic carbocycles. The summed E-state index contributed by atoms with van der Waals surface area (Å²) in [5.41, 5.74) is -0.384. The van der Waals surface area contributed by atoms with Crippen LogP contribution in [0.4, 0.5) is 0 Å². The number of sulfonamides is 1. The molecule has 2 aromatic rings. The Morgan fingerprint density at radius 2 is 1.95 bits per heavy atom. The highest BCUT2D eigenvalue weighted by Gasteiger charge is 2.36. The molecule has 9 nitrogen and oxygen atoms in total. The molecule has 0 bridgehead atoms. The number of fused-ring (bicyclic) bond motifs is 1. The molecule has 2 heterocycles. The maximum absolute atomic E-state index is 13.6. The normalized spacial score (nSPS) is 22.1. The van der Waals surface area contributed by atoms with Gasteiger partial charge in [0.25, 0.3) is 5.91 Å². The number of nitrogens with zero attached hydrogens (tertiary/aromatic N) is 3. The van der Waals surface area contributed by atoms with Crippen molar-refractivity contribution in [3.63, 3.8) is 0 Å². The van der Waals surface area contributed by atoms with Crippen LogP contribution in [0.3, 0.4) is 0 Å². The number of carbonyl (C=O) groups is 1. The highest BCUT2D eigenvalue weighted by molar-refractivity contribution is 7.89. The molecule has 1 saturated carbocycles. The quantitative estimate of drug-likeness (QED) is 0.539. The number of aliphatic hydroxyl groups excluding tert-OH is 1. The number of hydrogen-bond acceptors (Lipinski definition) is 7. The van der Waals surface area contributed by atoms with Gasteiger partial charge < -0.3 is 19.8 Å². The zero-order valence-corrected chi connectivity index (χ0v) is 22.8. The van der Waals surface area contributed by atoms with Gasteiger partial charge in [0.1, 0.15) is 17.3 Å². The van der Waals surface area contributed by atoms with E-state index in [1.807, 2.05) is 6.92 Å². The largest absolute Gasteiger partial charge is 0.472 e. The molecule has 0 spiro atoms. The van der Waals surface area contributed by atoms with Crippen molar-refractivity contribution < 1.29 is 28.2 Å². The Morgan fingerprint density at radius 1 is 1.26 bits per heavy atom. The lowest BCUT2D eigenvalue weighted by atomic mass is 10.00. The molecule has 2 aliphatic rings. The zero-order valence-electron chi connectivity index (χ0n) is 22.0. The Kier molecular flexibility index (Phi) is 8.43. The first-order valence-electron chi connectivity index (χ1n) is 12.9. The summed E-state index contributed by atoms with van der Waals surface area (Å²) in [6, 6.07) is 9.28. The minimum Gasteiger partial charge on any atom is -0.472 e. The number of carbonyl (C=O) groups excluding carboxylic acids is 1. The molecule has 3 atom stereocenters. The maximum Gasteiger partial charge on any atom is 0.259 e. The van der Waals surface area contributed by atoms with Crippen LogP contribution in [0.1, 0.15) is 55.5 Å². The van der Waals surface area contributed by atoms with Crippen molar-refractivity contribution >= 4 is 15.9 Å². The van der Waals surface area contributed by atoms with Gasteiger partial charge in [-0.05, 0) is 50.8 Å². The maximum atomic E-state index is 13.6. The van der Waals surface area contributed by atoms with E-state index in [0.717, 1.165) is 12.8 Å².